The van der Waals surface area contributed by atoms with E-state index in [4.69, 9.17) is 14.6 Å². The third-order valence-corrected chi connectivity index (χ3v) is 4.58. The number of anilines is 1. The highest BCUT2D eigenvalue weighted by Gasteiger charge is 2.18. The predicted molar refractivity (Wildman–Crippen MR) is 106 cm³/mol. The van der Waals surface area contributed by atoms with Crippen molar-refractivity contribution in [2.45, 2.75) is 0 Å². The average Bonchev–Trinajstić information content (AvgIpc) is 3.23. The van der Waals surface area contributed by atoms with E-state index in [2.05, 4.69) is 15.3 Å². The molecule has 3 aromatic rings. The first-order chi connectivity index (χ1) is 13.7. The van der Waals surface area contributed by atoms with Gasteiger partial charge in [-0.15, -0.1) is 0 Å². The van der Waals surface area contributed by atoms with Crippen molar-refractivity contribution >= 4 is 29.1 Å². The van der Waals surface area contributed by atoms with Crippen molar-refractivity contribution in [1.82, 2.24) is 14.9 Å². The zero-order valence-electron chi connectivity index (χ0n) is 15.5. The third kappa shape index (κ3) is 3.96. The van der Waals surface area contributed by atoms with Gasteiger partial charge < -0.3 is 25.0 Å². The Morgan fingerprint density at radius 3 is 2.57 bits per heavy atom. The number of nitrogens with zero attached hydrogens (tertiary/aromatic N) is 2. The fourth-order valence-electron chi connectivity index (χ4n) is 3.24. The van der Waals surface area contributed by atoms with Crippen molar-refractivity contribution in [2.24, 2.45) is 0 Å². The van der Waals surface area contributed by atoms with Crippen molar-refractivity contribution < 1.29 is 19.4 Å². The maximum Gasteiger partial charge on any atom is 0.290 e. The van der Waals surface area contributed by atoms with Crippen LogP contribution in [0.5, 0.6) is 0 Å². The summed E-state index contributed by atoms with van der Waals surface area (Å²) in [6, 6.07) is 9.73. The molecule has 0 spiro atoms. The molecule has 0 unspecified atom stereocenters. The molecule has 0 aliphatic carbocycles. The minimum Gasteiger partial charge on any atom is -0.483 e. The van der Waals surface area contributed by atoms with Gasteiger partial charge in [-0.2, -0.15) is 0 Å². The summed E-state index contributed by atoms with van der Waals surface area (Å²) in [7, 11) is 1.90. The number of fused-ring (bicyclic) bond motifs is 1. The van der Waals surface area contributed by atoms with E-state index in [1.54, 1.807) is 0 Å². The first kappa shape index (κ1) is 19.4. The first-order valence-electron chi connectivity index (χ1n) is 8.88. The van der Waals surface area contributed by atoms with Gasteiger partial charge in [-0.05, 0) is 23.8 Å². The number of benzene rings is 1. The van der Waals surface area contributed by atoms with Crippen LogP contribution in [-0.4, -0.2) is 65.7 Å². The van der Waals surface area contributed by atoms with Gasteiger partial charge in [-0.1, -0.05) is 12.1 Å². The Morgan fingerprint density at radius 1 is 1.25 bits per heavy atom. The second kappa shape index (κ2) is 9.01. The van der Waals surface area contributed by atoms with Gasteiger partial charge in [0, 0.05) is 49.0 Å². The van der Waals surface area contributed by atoms with Gasteiger partial charge in [0.1, 0.15) is 5.65 Å². The molecular formula is C20H22N4O4. The lowest BCUT2D eigenvalue weighted by Crippen LogP contribution is -2.40. The molecule has 28 heavy (non-hydrogen) atoms. The van der Waals surface area contributed by atoms with Gasteiger partial charge >= 0.3 is 0 Å². The minimum absolute atomic E-state index is 0.0582. The van der Waals surface area contributed by atoms with Crippen molar-refractivity contribution in [3.8, 4) is 11.1 Å². The van der Waals surface area contributed by atoms with E-state index >= 15 is 0 Å². The summed E-state index contributed by atoms with van der Waals surface area (Å²) >= 11 is 0. The Bertz CT molecular complexity index is 946. The number of pyridine rings is 1. The van der Waals surface area contributed by atoms with Crippen LogP contribution in [0.4, 0.5) is 5.69 Å². The lowest BCUT2D eigenvalue weighted by Gasteiger charge is -2.26. The van der Waals surface area contributed by atoms with E-state index in [0.29, 0.717) is 31.9 Å². The number of hydrogen-bond acceptors (Lipinski definition) is 5. The molecule has 0 radical (unpaired) electrons. The Kier molecular flexibility index (Phi) is 6.23. The summed E-state index contributed by atoms with van der Waals surface area (Å²) < 4.78 is 5.31. The number of aromatic nitrogens is 2. The maximum atomic E-state index is 12.6. The molecule has 1 fully saturated rings. The van der Waals surface area contributed by atoms with E-state index in [9.17, 15) is 4.79 Å². The SMILES string of the molecule is CNc1c(-c2ccc(C(=O)N3CCOCC3)cc2)cnc2[nH]ccc12.O=CO. The highest BCUT2D eigenvalue weighted by Crippen LogP contribution is 2.33. The number of H-pyrrole nitrogens is 1. The normalized spacial score (nSPS) is 13.5. The van der Waals surface area contributed by atoms with Crippen molar-refractivity contribution in [3.63, 3.8) is 0 Å². The molecule has 0 atom stereocenters. The van der Waals surface area contributed by atoms with Crippen molar-refractivity contribution in [2.75, 3.05) is 38.7 Å². The molecule has 4 rings (SSSR count). The molecule has 1 aliphatic rings. The molecule has 1 amide bonds. The molecule has 3 N–H and O–H groups in total. The number of amides is 1. The number of aromatic amines is 1. The minimum atomic E-state index is -0.250. The molecule has 146 valence electrons. The van der Waals surface area contributed by atoms with E-state index in [1.165, 1.54) is 0 Å². The zero-order valence-corrected chi connectivity index (χ0v) is 15.5. The van der Waals surface area contributed by atoms with Crippen LogP contribution in [0.15, 0.2) is 42.7 Å². The smallest absolute Gasteiger partial charge is 0.290 e. The van der Waals surface area contributed by atoms with Crippen molar-refractivity contribution in [1.29, 1.82) is 0 Å². The lowest BCUT2D eigenvalue weighted by molar-refractivity contribution is -0.122. The largest absolute Gasteiger partial charge is 0.483 e. The third-order valence-electron chi connectivity index (χ3n) is 4.58. The van der Waals surface area contributed by atoms with Gasteiger partial charge in [-0.25, -0.2) is 4.98 Å². The van der Waals surface area contributed by atoms with E-state index in [1.807, 2.05) is 54.7 Å². The Labute approximate surface area is 162 Å². The van der Waals surface area contributed by atoms with Crippen LogP contribution >= 0.6 is 0 Å². The number of carbonyl (C=O) groups is 2. The van der Waals surface area contributed by atoms with E-state index in [-0.39, 0.29) is 12.4 Å². The highest BCUT2D eigenvalue weighted by molar-refractivity contribution is 5.99. The summed E-state index contributed by atoms with van der Waals surface area (Å²) in [5, 5.41) is 11.2. The number of hydrogen-bond donors (Lipinski definition) is 3. The average molecular weight is 382 g/mol. The first-order valence-corrected chi connectivity index (χ1v) is 8.88. The lowest BCUT2D eigenvalue weighted by atomic mass is 10.0. The molecule has 0 saturated carbocycles. The number of carbonyl (C=O) groups excluding carboxylic acids is 1. The molecule has 1 aromatic carbocycles. The predicted octanol–water partition coefficient (Wildman–Crippen LogP) is 2.44. The Balaban J connectivity index is 0.000000706. The zero-order chi connectivity index (χ0) is 19.9. The molecular weight excluding hydrogens is 360 g/mol. The Hall–Kier alpha value is -3.39. The van der Waals surface area contributed by atoms with Crippen LogP contribution in [0, 0.1) is 0 Å². The van der Waals surface area contributed by atoms with E-state index < -0.39 is 0 Å². The molecule has 3 heterocycles. The van der Waals surface area contributed by atoms with Crippen LogP contribution in [-0.2, 0) is 9.53 Å². The van der Waals surface area contributed by atoms with E-state index in [0.717, 1.165) is 27.8 Å². The maximum absolute atomic E-state index is 12.6. The monoisotopic (exact) mass is 382 g/mol. The number of ether oxygens (including phenoxy) is 1. The number of morpholine rings is 1. The molecule has 0 bridgehead atoms. The second-order valence-corrected chi connectivity index (χ2v) is 6.12. The summed E-state index contributed by atoms with van der Waals surface area (Å²) in [6.07, 6.45) is 3.73. The van der Waals surface area contributed by atoms with Gasteiger partial charge in [0.15, 0.2) is 0 Å². The summed E-state index contributed by atoms with van der Waals surface area (Å²) in [4.78, 5) is 30.3. The number of carboxylic acid groups (broad SMARTS) is 1. The van der Waals surface area contributed by atoms with Crippen LogP contribution in [0.3, 0.4) is 0 Å². The number of nitrogens with one attached hydrogen (secondary N) is 2. The summed E-state index contributed by atoms with van der Waals surface area (Å²) in [5.41, 5.74) is 4.62. The fraction of sp³-hybridized carbons (Fsp3) is 0.250. The highest BCUT2D eigenvalue weighted by atomic mass is 16.5. The van der Waals surface area contributed by atoms with Crippen LogP contribution in [0.25, 0.3) is 22.2 Å². The van der Waals surface area contributed by atoms with Crippen LogP contribution in [0.1, 0.15) is 10.4 Å². The standard InChI is InChI=1S/C19H20N4O2.CH2O2/c1-20-17-15-6-7-21-18(15)22-12-16(17)13-2-4-14(5-3-13)19(24)23-8-10-25-11-9-23;2-1-3/h2-7,12H,8-11H2,1H3,(H2,20,21,22);1H,(H,2,3). The van der Waals surface area contributed by atoms with Gasteiger partial charge in [0.25, 0.3) is 12.4 Å². The molecule has 1 saturated heterocycles. The summed E-state index contributed by atoms with van der Waals surface area (Å²) in [5.74, 6) is 0.0582. The molecule has 8 nitrogen and oxygen atoms in total. The van der Waals surface area contributed by atoms with Crippen LogP contribution < -0.4 is 5.32 Å². The summed E-state index contributed by atoms with van der Waals surface area (Å²) in [6.45, 7) is 2.27. The van der Waals surface area contributed by atoms with Crippen LogP contribution in [0.2, 0.25) is 0 Å². The second-order valence-electron chi connectivity index (χ2n) is 6.12. The fourth-order valence-corrected chi connectivity index (χ4v) is 3.24. The van der Waals surface area contributed by atoms with Gasteiger partial charge in [0.05, 0.1) is 18.9 Å². The Morgan fingerprint density at radius 2 is 1.93 bits per heavy atom. The number of rotatable bonds is 3. The topological polar surface area (TPSA) is 108 Å². The quantitative estimate of drug-likeness (QED) is 0.601. The molecule has 1 aliphatic heterocycles. The van der Waals surface area contributed by atoms with Crippen molar-refractivity contribution in [3.05, 3.63) is 48.3 Å². The molecule has 8 heteroatoms. The van der Waals surface area contributed by atoms with Gasteiger partial charge in [0.2, 0.25) is 0 Å². The molecule has 2 aromatic heterocycles. The van der Waals surface area contributed by atoms with Gasteiger partial charge in [-0.3, -0.25) is 9.59 Å².